The topological polar surface area (TPSA) is 130 Å². The van der Waals surface area contributed by atoms with Gasteiger partial charge in [-0.05, 0) is 42.4 Å². The van der Waals surface area contributed by atoms with Crippen LogP contribution in [0.2, 0.25) is 0 Å². The number of nitrogens with two attached hydrogens (primary N) is 1. The third-order valence-corrected chi connectivity index (χ3v) is 6.18. The lowest BCUT2D eigenvalue weighted by Gasteiger charge is -2.15. The molecule has 4 rings (SSSR count). The molecule has 2 N–H and O–H groups in total. The van der Waals surface area contributed by atoms with Gasteiger partial charge in [0.1, 0.15) is 12.1 Å². The number of benzene rings is 2. The number of nitrogens with zero attached hydrogens (tertiary/aromatic N) is 5. The largest absolute Gasteiger partial charge is 0.612 e. The lowest BCUT2D eigenvalue weighted by molar-refractivity contribution is -0.118. The summed E-state index contributed by atoms with van der Waals surface area (Å²) in [6.45, 7) is 1.61. The highest BCUT2D eigenvalue weighted by Crippen LogP contribution is 2.26. The second kappa shape index (κ2) is 9.20. The molecule has 2 aromatic carbocycles. The molecule has 1 unspecified atom stereocenters. The van der Waals surface area contributed by atoms with Crippen molar-refractivity contribution in [2.24, 2.45) is 5.73 Å². The molecule has 2 heterocycles. The van der Waals surface area contributed by atoms with Gasteiger partial charge in [-0.1, -0.05) is 6.07 Å². The van der Waals surface area contributed by atoms with E-state index in [0.717, 1.165) is 5.39 Å². The van der Waals surface area contributed by atoms with Crippen LogP contribution in [-0.4, -0.2) is 60.9 Å². The zero-order valence-electron chi connectivity index (χ0n) is 18.7. The van der Waals surface area contributed by atoms with Crippen LogP contribution < -0.4 is 5.73 Å². The third-order valence-electron chi connectivity index (χ3n) is 5.26. The van der Waals surface area contributed by atoms with E-state index < -0.39 is 22.9 Å². The number of hydrogen-bond acceptors (Lipinski definition) is 6. The summed E-state index contributed by atoms with van der Waals surface area (Å²) in [4.78, 5) is 34.3. The number of likely N-dealkylation sites (N-methyl/N-ethyl adjacent to an activating group) is 1. The van der Waals surface area contributed by atoms with Crippen molar-refractivity contribution in [1.82, 2.24) is 24.6 Å². The Kier molecular flexibility index (Phi) is 6.31. The summed E-state index contributed by atoms with van der Waals surface area (Å²) in [6.07, 6.45) is 4.44. The molecule has 2 aromatic heterocycles. The molecule has 0 saturated heterocycles. The van der Waals surface area contributed by atoms with Crippen molar-refractivity contribution in [2.75, 3.05) is 19.8 Å². The summed E-state index contributed by atoms with van der Waals surface area (Å²) < 4.78 is 27.6. The van der Waals surface area contributed by atoms with Crippen molar-refractivity contribution < 1.29 is 18.5 Å². The van der Waals surface area contributed by atoms with Crippen molar-refractivity contribution in [1.29, 1.82) is 0 Å². The maximum Gasteiger partial charge on any atom is 0.254 e. The first-order valence-corrected chi connectivity index (χ1v) is 11.7. The van der Waals surface area contributed by atoms with E-state index in [2.05, 4.69) is 15.1 Å². The molecule has 0 aliphatic heterocycles. The minimum absolute atomic E-state index is 0.205. The normalized spacial score (nSPS) is 12.0. The van der Waals surface area contributed by atoms with Gasteiger partial charge < -0.3 is 15.2 Å². The van der Waals surface area contributed by atoms with Crippen LogP contribution in [0.3, 0.4) is 0 Å². The zero-order chi connectivity index (χ0) is 24.6. The molecular weight excluding hydrogens is 459 g/mol. The number of fused-ring (bicyclic) bond motifs is 1. The molecule has 4 aromatic rings. The van der Waals surface area contributed by atoms with Crippen LogP contribution in [-0.2, 0) is 16.0 Å². The highest BCUT2D eigenvalue weighted by atomic mass is 32.2. The fourth-order valence-electron chi connectivity index (χ4n) is 3.56. The average Bonchev–Trinajstić information content (AvgIpc) is 3.14. The highest BCUT2D eigenvalue weighted by molar-refractivity contribution is 7.90. The first-order chi connectivity index (χ1) is 16.2. The number of hydrogen-bond donors (Lipinski definition) is 1. The fraction of sp³-hybridized carbons (Fsp3) is 0.174. The Hall–Kier alpha value is -3.83. The third kappa shape index (κ3) is 4.47. The smallest absolute Gasteiger partial charge is 0.254 e. The summed E-state index contributed by atoms with van der Waals surface area (Å²) in [5, 5.41) is 5.29. The predicted octanol–water partition coefficient (Wildman–Crippen LogP) is 2.22. The maximum absolute atomic E-state index is 14.4. The Morgan fingerprint density at radius 2 is 1.88 bits per heavy atom. The monoisotopic (exact) mass is 480 g/mol. The molecule has 2 amide bonds. The minimum Gasteiger partial charge on any atom is -0.612 e. The quantitative estimate of drug-likeness (QED) is 0.421. The first-order valence-electron chi connectivity index (χ1n) is 10.1. The number of amides is 2. The fourth-order valence-corrected chi connectivity index (χ4v) is 4.10. The highest BCUT2D eigenvalue weighted by Gasteiger charge is 2.18. The lowest BCUT2D eigenvalue weighted by Crippen LogP contribution is -2.35. The summed E-state index contributed by atoms with van der Waals surface area (Å²) in [5.74, 6) is -1.23. The van der Waals surface area contributed by atoms with E-state index in [1.54, 1.807) is 18.2 Å². The van der Waals surface area contributed by atoms with Gasteiger partial charge >= 0.3 is 0 Å². The second-order valence-corrected chi connectivity index (χ2v) is 9.10. The summed E-state index contributed by atoms with van der Waals surface area (Å²) >= 11 is -1.26. The van der Waals surface area contributed by atoms with E-state index in [0.29, 0.717) is 27.2 Å². The van der Waals surface area contributed by atoms with Crippen LogP contribution in [0.25, 0.3) is 28.0 Å². The van der Waals surface area contributed by atoms with Crippen molar-refractivity contribution >= 4 is 33.9 Å². The Morgan fingerprint density at radius 1 is 1.18 bits per heavy atom. The molecule has 11 heteroatoms. The van der Waals surface area contributed by atoms with E-state index in [-0.39, 0.29) is 24.0 Å². The average molecular weight is 481 g/mol. The van der Waals surface area contributed by atoms with Crippen LogP contribution in [0.1, 0.15) is 16.1 Å². The van der Waals surface area contributed by atoms with Crippen LogP contribution in [0, 0.1) is 12.7 Å². The number of carbonyl (C=O) groups excluding carboxylic acids is 2. The van der Waals surface area contributed by atoms with E-state index in [4.69, 9.17) is 5.73 Å². The summed E-state index contributed by atoms with van der Waals surface area (Å²) in [7, 11) is 1.49. The summed E-state index contributed by atoms with van der Waals surface area (Å²) in [5.41, 5.74) is 7.50. The van der Waals surface area contributed by atoms with Crippen LogP contribution in [0.15, 0.2) is 53.7 Å². The Bertz CT molecular complexity index is 1400. The maximum atomic E-state index is 14.4. The SMILES string of the molecule is Cc1nn(-c2ncc(-c3cc([S+](C)[O-])ccc3F)cn2)c2cc(C(=O)N(C)CC(N)=O)ccc12. The van der Waals surface area contributed by atoms with Gasteiger partial charge in [-0.15, -0.1) is 0 Å². The zero-order valence-corrected chi connectivity index (χ0v) is 19.5. The van der Waals surface area contributed by atoms with Gasteiger partial charge in [0.2, 0.25) is 5.91 Å². The van der Waals surface area contributed by atoms with Gasteiger partial charge in [0, 0.05) is 47.6 Å². The Morgan fingerprint density at radius 3 is 2.53 bits per heavy atom. The molecule has 34 heavy (non-hydrogen) atoms. The van der Waals surface area contributed by atoms with E-state index in [9.17, 15) is 18.5 Å². The number of aromatic nitrogens is 4. The predicted molar refractivity (Wildman–Crippen MR) is 125 cm³/mol. The molecule has 0 aliphatic carbocycles. The van der Waals surface area contributed by atoms with E-state index in [1.807, 2.05) is 6.92 Å². The molecule has 0 spiro atoms. The van der Waals surface area contributed by atoms with Gasteiger partial charge in [-0.3, -0.25) is 9.59 Å². The number of rotatable bonds is 6. The molecule has 0 radical (unpaired) electrons. The lowest BCUT2D eigenvalue weighted by atomic mass is 10.1. The van der Waals surface area contributed by atoms with Gasteiger partial charge in [0.25, 0.3) is 11.9 Å². The van der Waals surface area contributed by atoms with E-state index in [1.165, 1.54) is 53.5 Å². The molecule has 0 bridgehead atoms. The van der Waals surface area contributed by atoms with Crippen molar-refractivity contribution in [3.8, 4) is 17.1 Å². The van der Waals surface area contributed by atoms with Crippen molar-refractivity contribution in [3.63, 3.8) is 0 Å². The number of primary amides is 1. The Balaban J connectivity index is 1.72. The number of halogens is 1. The van der Waals surface area contributed by atoms with Crippen LogP contribution in [0.4, 0.5) is 4.39 Å². The van der Waals surface area contributed by atoms with Crippen LogP contribution >= 0.6 is 0 Å². The minimum atomic E-state index is -1.26. The van der Waals surface area contributed by atoms with Gasteiger partial charge in [0.15, 0.2) is 4.90 Å². The van der Waals surface area contributed by atoms with Gasteiger partial charge in [-0.2, -0.15) is 9.78 Å². The van der Waals surface area contributed by atoms with Crippen molar-refractivity contribution in [3.05, 3.63) is 65.9 Å². The first kappa shape index (κ1) is 23.3. The Labute approximate surface area is 197 Å². The number of aryl methyl sites for hydroxylation is 1. The molecule has 174 valence electrons. The standard InChI is InChI=1S/C23H21FN6O3S/c1-13-17-6-4-14(22(32)29(2)12-21(25)31)8-20(17)30(28-13)23-26-10-15(11-27-23)18-9-16(34(3)33)5-7-19(18)24/h4-11H,12H2,1-3H3,(H2,25,31). The molecule has 0 saturated carbocycles. The molecule has 0 aliphatic rings. The van der Waals surface area contributed by atoms with E-state index >= 15 is 0 Å². The van der Waals surface area contributed by atoms with Crippen molar-refractivity contribution in [2.45, 2.75) is 11.8 Å². The molecule has 0 fully saturated rings. The second-order valence-electron chi connectivity index (χ2n) is 7.72. The van der Waals surface area contributed by atoms with Gasteiger partial charge in [0.05, 0.1) is 17.8 Å². The van der Waals surface area contributed by atoms with Gasteiger partial charge in [-0.25, -0.2) is 14.4 Å². The molecule has 9 nitrogen and oxygen atoms in total. The number of carbonyl (C=O) groups is 2. The molecular formula is C23H21FN6O3S. The van der Waals surface area contributed by atoms with Crippen LogP contribution in [0.5, 0.6) is 0 Å². The summed E-state index contributed by atoms with van der Waals surface area (Å²) in [6, 6.07) is 9.31. The molecule has 1 atom stereocenters.